The zero-order valence-electron chi connectivity index (χ0n) is 14.2. The maximum Gasteiger partial charge on any atom is 0.164 e. The Bertz CT molecular complexity index is 1090. The molecule has 0 saturated heterocycles. The molecule has 2 N–H and O–H groups in total. The lowest BCUT2D eigenvalue weighted by Gasteiger charge is -2.25. The molecule has 1 aliphatic rings. The number of fused-ring (bicyclic) bond motifs is 2. The fraction of sp³-hybridized carbons (Fsp3) is 0.200. The van der Waals surface area contributed by atoms with Gasteiger partial charge in [-0.25, -0.2) is 14.6 Å². The van der Waals surface area contributed by atoms with Gasteiger partial charge < -0.3 is 5.73 Å². The van der Waals surface area contributed by atoms with Gasteiger partial charge >= 0.3 is 0 Å². The van der Waals surface area contributed by atoms with Gasteiger partial charge in [-0.1, -0.05) is 24.3 Å². The van der Waals surface area contributed by atoms with Gasteiger partial charge in [-0.05, 0) is 42.5 Å². The zero-order chi connectivity index (χ0) is 17.5. The minimum absolute atomic E-state index is 0.257. The normalized spacial score (nSPS) is 16.5. The average Bonchev–Trinajstić information content (AvgIpc) is 3.09. The molecule has 6 heteroatoms. The molecule has 3 heterocycles. The quantitative estimate of drug-likeness (QED) is 0.605. The van der Waals surface area contributed by atoms with Crippen LogP contribution >= 0.6 is 0 Å². The van der Waals surface area contributed by atoms with Crippen molar-refractivity contribution in [1.82, 2.24) is 24.7 Å². The van der Waals surface area contributed by atoms with Gasteiger partial charge in [0.25, 0.3) is 0 Å². The van der Waals surface area contributed by atoms with E-state index in [1.54, 1.807) is 12.4 Å². The van der Waals surface area contributed by atoms with E-state index in [4.69, 9.17) is 10.8 Å². The lowest BCUT2D eigenvalue weighted by atomic mass is 9.88. The zero-order valence-corrected chi connectivity index (χ0v) is 14.2. The molecule has 3 aromatic heterocycles. The number of hydrogen-bond donors (Lipinski definition) is 1. The molecule has 1 aromatic carbocycles. The number of aryl methyl sites for hydroxylation is 1. The van der Waals surface area contributed by atoms with Gasteiger partial charge in [0, 0.05) is 18.0 Å². The van der Waals surface area contributed by atoms with Crippen LogP contribution < -0.4 is 5.73 Å². The van der Waals surface area contributed by atoms with E-state index in [1.807, 2.05) is 16.8 Å². The van der Waals surface area contributed by atoms with E-state index in [0.29, 0.717) is 5.82 Å². The van der Waals surface area contributed by atoms with Gasteiger partial charge in [0.05, 0.1) is 11.4 Å². The van der Waals surface area contributed by atoms with Gasteiger partial charge in [-0.3, -0.25) is 4.98 Å². The van der Waals surface area contributed by atoms with Crippen molar-refractivity contribution in [3.8, 4) is 11.3 Å². The number of rotatable bonds is 2. The van der Waals surface area contributed by atoms with Crippen molar-refractivity contribution in [2.75, 3.05) is 5.73 Å². The summed E-state index contributed by atoms with van der Waals surface area (Å²) in [5, 5.41) is 5.72. The van der Waals surface area contributed by atoms with Crippen molar-refractivity contribution in [3.05, 3.63) is 66.2 Å². The highest BCUT2D eigenvalue weighted by Crippen LogP contribution is 2.35. The van der Waals surface area contributed by atoms with Crippen LogP contribution in [0.5, 0.6) is 0 Å². The number of nitrogens with two attached hydrogens (primary N) is 1. The smallest absolute Gasteiger partial charge is 0.164 e. The Morgan fingerprint density at radius 3 is 2.77 bits per heavy atom. The third-order valence-electron chi connectivity index (χ3n) is 5.12. The fourth-order valence-corrected chi connectivity index (χ4v) is 3.84. The summed E-state index contributed by atoms with van der Waals surface area (Å²) in [6.45, 7) is 0. The van der Waals surface area contributed by atoms with Gasteiger partial charge in [-0.15, -0.1) is 0 Å². The van der Waals surface area contributed by atoms with Gasteiger partial charge in [0.15, 0.2) is 5.65 Å². The Labute approximate surface area is 150 Å². The molecular formula is C20H18N6. The Morgan fingerprint density at radius 1 is 1.04 bits per heavy atom. The van der Waals surface area contributed by atoms with Gasteiger partial charge in [0.2, 0.25) is 0 Å². The number of nitrogen functional groups attached to an aromatic ring is 1. The molecule has 5 rings (SSSR count). The van der Waals surface area contributed by atoms with Crippen molar-refractivity contribution < 1.29 is 0 Å². The van der Waals surface area contributed by atoms with Crippen LogP contribution in [-0.4, -0.2) is 24.7 Å². The van der Waals surface area contributed by atoms with Crippen LogP contribution in [0.2, 0.25) is 0 Å². The van der Waals surface area contributed by atoms with Crippen LogP contribution in [0.25, 0.3) is 22.3 Å². The molecule has 1 aliphatic carbocycles. The molecule has 0 bridgehead atoms. The minimum Gasteiger partial charge on any atom is -0.383 e. The summed E-state index contributed by atoms with van der Waals surface area (Å²) in [6, 6.07) is 12.8. The molecule has 4 aromatic rings. The van der Waals surface area contributed by atoms with Gasteiger partial charge in [0.1, 0.15) is 17.8 Å². The standard InChI is InChI=1S/C20H18N6/c21-19-17-18(15-6-3-9-22-11-15)25-26(20(17)24-12-23-19)16-8-7-13-4-1-2-5-14(13)10-16/h1-6,9,11-12,16H,7-8,10H2,(H2,21,23,24). The Balaban J connectivity index is 1.67. The number of anilines is 1. The monoisotopic (exact) mass is 342 g/mol. The first-order valence-corrected chi connectivity index (χ1v) is 8.77. The summed E-state index contributed by atoms with van der Waals surface area (Å²) in [5.41, 5.74) is 11.5. The maximum atomic E-state index is 6.19. The van der Waals surface area contributed by atoms with E-state index in [1.165, 1.54) is 17.5 Å². The first-order chi connectivity index (χ1) is 12.8. The molecule has 0 radical (unpaired) electrons. The number of aromatic nitrogens is 5. The summed E-state index contributed by atoms with van der Waals surface area (Å²) in [5.74, 6) is 0.455. The summed E-state index contributed by atoms with van der Waals surface area (Å²) in [6.07, 6.45) is 8.09. The van der Waals surface area contributed by atoms with Gasteiger partial charge in [-0.2, -0.15) is 5.10 Å². The highest BCUT2D eigenvalue weighted by Gasteiger charge is 2.25. The number of nitrogens with zero attached hydrogens (tertiary/aromatic N) is 5. The second kappa shape index (κ2) is 5.91. The van der Waals surface area contributed by atoms with E-state index < -0.39 is 0 Å². The van der Waals surface area contributed by atoms with Crippen LogP contribution in [0.1, 0.15) is 23.6 Å². The molecule has 0 spiro atoms. The van der Waals surface area contributed by atoms with E-state index in [9.17, 15) is 0 Å². The molecule has 6 nitrogen and oxygen atoms in total. The summed E-state index contributed by atoms with van der Waals surface area (Å²) in [4.78, 5) is 12.9. The van der Waals surface area contributed by atoms with Crippen LogP contribution in [-0.2, 0) is 12.8 Å². The van der Waals surface area contributed by atoms with Crippen LogP contribution in [0.4, 0.5) is 5.82 Å². The van der Waals surface area contributed by atoms with E-state index in [2.05, 4.69) is 39.2 Å². The van der Waals surface area contributed by atoms with Crippen LogP contribution in [0.3, 0.4) is 0 Å². The molecule has 1 atom stereocenters. The molecule has 0 amide bonds. The van der Waals surface area contributed by atoms with Crippen LogP contribution in [0.15, 0.2) is 55.1 Å². The molecule has 0 fully saturated rings. The Kier molecular flexibility index (Phi) is 3.41. The predicted molar refractivity (Wildman–Crippen MR) is 100 cm³/mol. The third-order valence-corrected chi connectivity index (χ3v) is 5.12. The van der Waals surface area contributed by atoms with Crippen molar-refractivity contribution in [2.45, 2.75) is 25.3 Å². The highest BCUT2D eigenvalue weighted by atomic mass is 15.3. The fourth-order valence-electron chi connectivity index (χ4n) is 3.84. The molecule has 128 valence electrons. The first-order valence-electron chi connectivity index (χ1n) is 8.77. The maximum absolute atomic E-state index is 6.19. The first kappa shape index (κ1) is 15.0. The second-order valence-corrected chi connectivity index (χ2v) is 6.66. The topological polar surface area (TPSA) is 82.5 Å². The Morgan fingerprint density at radius 2 is 1.92 bits per heavy atom. The van der Waals surface area contributed by atoms with E-state index >= 15 is 0 Å². The number of benzene rings is 1. The SMILES string of the molecule is Nc1ncnc2c1c(-c1cccnc1)nn2C1CCc2ccccc2C1. The highest BCUT2D eigenvalue weighted by molar-refractivity contribution is 5.98. The molecule has 1 unspecified atom stereocenters. The average molecular weight is 342 g/mol. The van der Waals surface area contributed by atoms with Crippen molar-refractivity contribution >= 4 is 16.9 Å². The van der Waals surface area contributed by atoms with E-state index in [-0.39, 0.29) is 6.04 Å². The van der Waals surface area contributed by atoms with Crippen LogP contribution in [0, 0.1) is 0 Å². The van der Waals surface area contributed by atoms with Crippen molar-refractivity contribution in [3.63, 3.8) is 0 Å². The lowest BCUT2D eigenvalue weighted by Crippen LogP contribution is -2.20. The number of hydrogen-bond acceptors (Lipinski definition) is 5. The minimum atomic E-state index is 0.257. The lowest BCUT2D eigenvalue weighted by molar-refractivity contribution is 0.415. The largest absolute Gasteiger partial charge is 0.383 e. The molecule has 26 heavy (non-hydrogen) atoms. The molecular weight excluding hydrogens is 324 g/mol. The van der Waals surface area contributed by atoms with Crippen molar-refractivity contribution in [2.24, 2.45) is 0 Å². The van der Waals surface area contributed by atoms with E-state index in [0.717, 1.165) is 41.6 Å². The third kappa shape index (κ3) is 2.34. The second-order valence-electron chi connectivity index (χ2n) is 6.66. The number of pyridine rings is 1. The Hall–Kier alpha value is -3.28. The summed E-state index contributed by atoms with van der Waals surface area (Å²) < 4.78 is 2.03. The predicted octanol–water partition coefficient (Wildman–Crippen LogP) is 3.20. The summed E-state index contributed by atoms with van der Waals surface area (Å²) >= 11 is 0. The van der Waals surface area contributed by atoms with Crippen molar-refractivity contribution in [1.29, 1.82) is 0 Å². The summed E-state index contributed by atoms with van der Waals surface area (Å²) in [7, 11) is 0. The molecule has 0 saturated carbocycles. The molecule has 0 aliphatic heterocycles.